The first kappa shape index (κ1) is 12.7. The first-order valence-electron chi connectivity index (χ1n) is 5.91. The monoisotopic (exact) mass is 287 g/mol. The van der Waals surface area contributed by atoms with Crippen molar-refractivity contribution in [3.63, 3.8) is 0 Å². The van der Waals surface area contributed by atoms with Gasteiger partial charge < -0.3 is 0 Å². The van der Waals surface area contributed by atoms with Gasteiger partial charge in [-0.05, 0) is 31.2 Å². The summed E-state index contributed by atoms with van der Waals surface area (Å²) in [4.78, 5) is 20.5. The van der Waals surface area contributed by atoms with Crippen LogP contribution >= 0.6 is 11.3 Å². The topological polar surface area (TPSA) is 54.9 Å². The molecule has 0 spiro atoms. The average Bonchev–Trinajstić information content (AvgIpc) is 2.91. The summed E-state index contributed by atoms with van der Waals surface area (Å²) in [6, 6.07) is 5.95. The molecule has 0 aliphatic rings. The van der Waals surface area contributed by atoms with Crippen LogP contribution in [0.4, 0.5) is 9.52 Å². The predicted molar refractivity (Wildman–Crippen MR) is 76.5 cm³/mol. The molecule has 0 atom stereocenters. The minimum absolute atomic E-state index is 0.295. The van der Waals surface area contributed by atoms with E-state index in [0.29, 0.717) is 27.3 Å². The van der Waals surface area contributed by atoms with E-state index in [9.17, 15) is 9.18 Å². The first-order valence-corrected chi connectivity index (χ1v) is 6.79. The van der Waals surface area contributed by atoms with Crippen LogP contribution in [0.25, 0.3) is 10.9 Å². The van der Waals surface area contributed by atoms with Gasteiger partial charge in [-0.1, -0.05) is 0 Å². The Labute approximate surface area is 118 Å². The fraction of sp³-hybridized carbons (Fsp3) is 0.0714. The Bertz CT molecular complexity index is 786. The lowest BCUT2D eigenvalue weighted by atomic mass is 10.1. The number of carbonyl (C=O) groups excluding carboxylic acids is 1. The summed E-state index contributed by atoms with van der Waals surface area (Å²) in [6.07, 6.45) is 1.61. The largest absolute Gasteiger partial charge is 0.298 e. The summed E-state index contributed by atoms with van der Waals surface area (Å²) in [5, 5.41) is 5.59. The molecular formula is C14H10FN3OS. The second-order valence-electron chi connectivity index (χ2n) is 4.25. The van der Waals surface area contributed by atoms with Gasteiger partial charge in [0.05, 0.1) is 16.8 Å². The number of rotatable bonds is 2. The van der Waals surface area contributed by atoms with Crippen molar-refractivity contribution in [2.45, 2.75) is 6.92 Å². The summed E-state index contributed by atoms with van der Waals surface area (Å²) >= 11 is 1.33. The number of benzene rings is 1. The highest BCUT2D eigenvalue weighted by atomic mass is 32.1. The summed E-state index contributed by atoms with van der Waals surface area (Å²) in [6.45, 7) is 1.75. The predicted octanol–water partition coefficient (Wildman–Crippen LogP) is 3.39. The van der Waals surface area contributed by atoms with Gasteiger partial charge in [0.25, 0.3) is 5.91 Å². The molecule has 20 heavy (non-hydrogen) atoms. The van der Waals surface area contributed by atoms with Gasteiger partial charge in [0.1, 0.15) is 5.82 Å². The molecule has 0 aliphatic heterocycles. The lowest BCUT2D eigenvalue weighted by molar-refractivity contribution is 0.102. The number of fused-ring (bicyclic) bond motifs is 1. The van der Waals surface area contributed by atoms with Gasteiger partial charge in [-0.25, -0.2) is 9.37 Å². The number of aryl methyl sites for hydroxylation is 1. The van der Waals surface area contributed by atoms with E-state index in [0.717, 1.165) is 0 Å². The summed E-state index contributed by atoms with van der Waals surface area (Å²) in [5.41, 5.74) is 1.67. The molecule has 3 rings (SSSR count). The number of pyridine rings is 1. The lowest BCUT2D eigenvalue weighted by Crippen LogP contribution is -2.14. The molecule has 1 amide bonds. The molecule has 0 bridgehead atoms. The van der Waals surface area contributed by atoms with Gasteiger partial charge in [-0.2, -0.15) is 0 Å². The molecule has 0 unspecified atom stereocenters. The van der Waals surface area contributed by atoms with Crippen molar-refractivity contribution in [3.8, 4) is 0 Å². The molecule has 0 fully saturated rings. The molecule has 1 N–H and O–H groups in total. The van der Waals surface area contributed by atoms with E-state index in [1.165, 1.54) is 23.5 Å². The molecule has 4 nitrogen and oxygen atoms in total. The highest BCUT2D eigenvalue weighted by Crippen LogP contribution is 2.19. The highest BCUT2D eigenvalue weighted by Gasteiger charge is 2.13. The number of hydrogen-bond acceptors (Lipinski definition) is 4. The van der Waals surface area contributed by atoms with Crippen LogP contribution in [0, 0.1) is 12.7 Å². The zero-order chi connectivity index (χ0) is 14.1. The van der Waals surface area contributed by atoms with Crippen molar-refractivity contribution in [1.82, 2.24) is 9.97 Å². The number of carbonyl (C=O) groups is 1. The zero-order valence-electron chi connectivity index (χ0n) is 10.6. The molecule has 2 heterocycles. The fourth-order valence-electron chi connectivity index (χ4n) is 1.92. The van der Waals surface area contributed by atoms with Crippen molar-refractivity contribution in [1.29, 1.82) is 0 Å². The van der Waals surface area contributed by atoms with E-state index in [2.05, 4.69) is 15.3 Å². The smallest absolute Gasteiger partial charge is 0.259 e. The minimum atomic E-state index is -0.352. The first-order chi connectivity index (χ1) is 9.63. The number of nitrogens with zero attached hydrogens (tertiary/aromatic N) is 2. The number of thiazole rings is 1. The summed E-state index contributed by atoms with van der Waals surface area (Å²) < 4.78 is 13.2. The van der Waals surface area contributed by atoms with Crippen LogP contribution in [-0.4, -0.2) is 15.9 Å². The Kier molecular flexibility index (Phi) is 3.15. The number of hydrogen-bond donors (Lipinski definition) is 1. The zero-order valence-corrected chi connectivity index (χ0v) is 11.4. The number of nitrogens with one attached hydrogen (secondary N) is 1. The summed E-state index contributed by atoms with van der Waals surface area (Å²) in [5.74, 6) is -0.648. The number of aromatic nitrogens is 2. The van der Waals surface area contributed by atoms with E-state index in [4.69, 9.17) is 0 Å². The molecule has 0 radical (unpaired) electrons. The van der Waals surface area contributed by atoms with Gasteiger partial charge in [0.15, 0.2) is 5.13 Å². The molecule has 6 heteroatoms. The molecule has 3 aromatic rings. The second kappa shape index (κ2) is 4.97. The van der Waals surface area contributed by atoms with E-state index in [1.807, 2.05) is 0 Å². The average molecular weight is 287 g/mol. The van der Waals surface area contributed by atoms with Gasteiger partial charge in [-0.3, -0.25) is 15.1 Å². The van der Waals surface area contributed by atoms with E-state index >= 15 is 0 Å². The molecule has 2 aromatic heterocycles. The van der Waals surface area contributed by atoms with Crippen LogP contribution < -0.4 is 5.32 Å². The quantitative estimate of drug-likeness (QED) is 0.786. The molecule has 0 saturated carbocycles. The van der Waals surface area contributed by atoms with Crippen LogP contribution in [-0.2, 0) is 0 Å². The standard InChI is InChI=1S/C14H10FN3OS/c1-8-11(13(19)18-14-16-4-5-20-14)7-9-6-10(15)2-3-12(9)17-8/h2-7H,1H3,(H,16,18,19). The van der Waals surface area contributed by atoms with Crippen molar-refractivity contribution in [2.75, 3.05) is 5.32 Å². The van der Waals surface area contributed by atoms with Crippen LogP contribution in [0.2, 0.25) is 0 Å². The SMILES string of the molecule is Cc1nc2ccc(F)cc2cc1C(=O)Nc1nccs1. The van der Waals surface area contributed by atoms with E-state index in [1.54, 1.807) is 30.6 Å². The third-order valence-corrected chi connectivity index (χ3v) is 3.55. The van der Waals surface area contributed by atoms with Gasteiger partial charge in [0, 0.05) is 17.0 Å². The fourth-order valence-corrected chi connectivity index (χ4v) is 2.45. The van der Waals surface area contributed by atoms with Crippen LogP contribution in [0.3, 0.4) is 0 Å². The van der Waals surface area contributed by atoms with Crippen molar-refractivity contribution >= 4 is 33.3 Å². The maximum absolute atomic E-state index is 13.2. The number of anilines is 1. The van der Waals surface area contributed by atoms with Crippen molar-refractivity contribution in [3.05, 3.63) is 52.9 Å². The van der Waals surface area contributed by atoms with Crippen LogP contribution in [0.5, 0.6) is 0 Å². The lowest BCUT2D eigenvalue weighted by Gasteiger charge is -2.07. The third kappa shape index (κ3) is 2.37. The second-order valence-corrected chi connectivity index (χ2v) is 5.14. The van der Waals surface area contributed by atoms with Crippen LogP contribution in [0.15, 0.2) is 35.8 Å². The molecule has 0 saturated heterocycles. The number of amides is 1. The van der Waals surface area contributed by atoms with Crippen LogP contribution in [0.1, 0.15) is 16.1 Å². The summed E-state index contributed by atoms with van der Waals surface area (Å²) in [7, 11) is 0. The molecule has 1 aromatic carbocycles. The van der Waals surface area contributed by atoms with Crippen molar-refractivity contribution < 1.29 is 9.18 Å². The Morgan fingerprint density at radius 3 is 2.95 bits per heavy atom. The van der Waals surface area contributed by atoms with E-state index < -0.39 is 0 Å². The maximum atomic E-state index is 13.2. The Balaban J connectivity index is 2.02. The highest BCUT2D eigenvalue weighted by molar-refractivity contribution is 7.13. The molecule has 0 aliphatic carbocycles. The third-order valence-electron chi connectivity index (χ3n) is 2.86. The van der Waals surface area contributed by atoms with Gasteiger partial charge >= 0.3 is 0 Å². The van der Waals surface area contributed by atoms with Gasteiger partial charge in [-0.15, -0.1) is 11.3 Å². The Morgan fingerprint density at radius 2 is 2.20 bits per heavy atom. The maximum Gasteiger partial charge on any atom is 0.259 e. The molecule has 100 valence electrons. The van der Waals surface area contributed by atoms with E-state index in [-0.39, 0.29) is 11.7 Å². The Morgan fingerprint density at radius 1 is 1.35 bits per heavy atom. The normalized spacial score (nSPS) is 10.7. The minimum Gasteiger partial charge on any atom is -0.298 e. The van der Waals surface area contributed by atoms with Gasteiger partial charge in [0.2, 0.25) is 0 Å². The Hall–Kier alpha value is -2.34. The number of halogens is 1. The van der Waals surface area contributed by atoms with Crippen molar-refractivity contribution in [2.24, 2.45) is 0 Å². The molecular weight excluding hydrogens is 277 g/mol.